The van der Waals surface area contributed by atoms with Gasteiger partial charge >= 0.3 is 11.9 Å². The van der Waals surface area contributed by atoms with E-state index in [0.29, 0.717) is 5.56 Å². The summed E-state index contributed by atoms with van der Waals surface area (Å²) in [5, 5.41) is 45.7. The van der Waals surface area contributed by atoms with E-state index in [1.165, 1.54) is 24.3 Å². The maximum atomic E-state index is 11.6. The number of aliphatic hydroxyl groups excluding tert-OH is 2. The number of rotatable bonds is 6. The van der Waals surface area contributed by atoms with Crippen molar-refractivity contribution in [2.75, 3.05) is 6.61 Å². The van der Waals surface area contributed by atoms with Crippen LogP contribution in [0.1, 0.15) is 12.5 Å². The fraction of sp³-hybridized carbons (Fsp3) is 0.286. The molecule has 8 nitrogen and oxygen atoms in total. The second-order valence-corrected chi connectivity index (χ2v) is 4.61. The third kappa shape index (κ3) is 3.96. The standard InChI is InChI=1S/C14H16O8/c1-14(13(20)21,11(18)7-15)22-12(19)5-3-8-2-4-9(16)10(17)6-8/h2-6,11,15-18H,7H2,1H3,(H,20,21)/t11-,14-/m1/s1. The number of aliphatic hydroxyl groups is 2. The lowest BCUT2D eigenvalue weighted by molar-refractivity contribution is -0.189. The molecule has 0 bridgehead atoms. The van der Waals surface area contributed by atoms with Crippen molar-refractivity contribution >= 4 is 18.0 Å². The number of carbonyl (C=O) groups is 2. The van der Waals surface area contributed by atoms with E-state index in [-0.39, 0.29) is 11.5 Å². The molecular formula is C14H16O8. The van der Waals surface area contributed by atoms with Gasteiger partial charge in [-0.3, -0.25) is 0 Å². The zero-order valence-electron chi connectivity index (χ0n) is 11.6. The molecule has 5 N–H and O–H groups in total. The van der Waals surface area contributed by atoms with E-state index in [0.717, 1.165) is 13.0 Å². The van der Waals surface area contributed by atoms with Gasteiger partial charge in [-0.05, 0) is 30.7 Å². The smallest absolute Gasteiger partial charge is 0.350 e. The van der Waals surface area contributed by atoms with Crippen molar-refractivity contribution < 1.29 is 39.9 Å². The minimum atomic E-state index is -2.30. The highest BCUT2D eigenvalue weighted by Gasteiger charge is 2.44. The molecule has 0 aliphatic heterocycles. The van der Waals surface area contributed by atoms with E-state index in [1.807, 2.05) is 0 Å². The minimum Gasteiger partial charge on any atom is -0.504 e. The molecule has 22 heavy (non-hydrogen) atoms. The minimum absolute atomic E-state index is 0.329. The normalized spacial score (nSPS) is 15.2. The largest absolute Gasteiger partial charge is 0.504 e. The first kappa shape index (κ1) is 17.5. The lowest BCUT2D eigenvalue weighted by atomic mass is 10.00. The van der Waals surface area contributed by atoms with Gasteiger partial charge in [-0.1, -0.05) is 6.07 Å². The quantitative estimate of drug-likeness (QED) is 0.277. The predicted molar refractivity (Wildman–Crippen MR) is 74.0 cm³/mol. The van der Waals surface area contributed by atoms with Crippen LogP contribution < -0.4 is 0 Å². The summed E-state index contributed by atoms with van der Waals surface area (Å²) < 4.78 is 4.68. The fourth-order valence-corrected chi connectivity index (χ4v) is 1.48. The van der Waals surface area contributed by atoms with Crippen LogP contribution in [0.5, 0.6) is 11.5 Å². The third-order valence-corrected chi connectivity index (χ3v) is 2.96. The molecule has 0 aliphatic rings. The molecule has 8 heteroatoms. The molecule has 1 aromatic rings. The van der Waals surface area contributed by atoms with Gasteiger partial charge in [0.05, 0.1) is 6.61 Å². The summed E-state index contributed by atoms with van der Waals surface area (Å²) in [6.07, 6.45) is 0.312. The average molecular weight is 312 g/mol. The molecule has 0 saturated carbocycles. The van der Waals surface area contributed by atoms with E-state index in [9.17, 15) is 19.8 Å². The van der Waals surface area contributed by atoms with Crippen molar-refractivity contribution in [2.24, 2.45) is 0 Å². The lowest BCUT2D eigenvalue weighted by Crippen LogP contribution is -2.51. The Hall–Kier alpha value is -2.58. The molecule has 0 aromatic heterocycles. The first-order valence-corrected chi connectivity index (χ1v) is 6.16. The third-order valence-electron chi connectivity index (χ3n) is 2.96. The zero-order chi connectivity index (χ0) is 16.9. The number of carboxylic acid groups (broad SMARTS) is 1. The first-order valence-electron chi connectivity index (χ1n) is 6.16. The highest BCUT2D eigenvalue weighted by molar-refractivity contribution is 5.90. The van der Waals surface area contributed by atoms with Gasteiger partial charge in [-0.25, -0.2) is 9.59 Å². The van der Waals surface area contributed by atoms with E-state index >= 15 is 0 Å². The maximum Gasteiger partial charge on any atom is 0.350 e. The number of hydrogen-bond donors (Lipinski definition) is 5. The highest BCUT2D eigenvalue weighted by atomic mass is 16.6. The molecule has 0 heterocycles. The maximum absolute atomic E-state index is 11.6. The van der Waals surface area contributed by atoms with Crippen LogP contribution in [-0.4, -0.2) is 55.8 Å². The predicted octanol–water partition coefficient (Wildman–Crippen LogP) is -0.149. The van der Waals surface area contributed by atoms with Gasteiger partial charge in [0.25, 0.3) is 0 Å². The molecule has 0 spiro atoms. The van der Waals surface area contributed by atoms with Crippen molar-refractivity contribution in [1.29, 1.82) is 0 Å². The molecule has 0 amide bonds. The van der Waals surface area contributed by atoms with E-state index in [4.69, 9.17) is 15.3 Å². The van der Waals surface area contributed by atoms with Crippen molar-refractivity contribution in [1.82, 2.24) is 0 Å². The van der Waals surface area contributed by atoms with E-state index in [1.54, 1.807) is 0 Å². The summed E-state index contributed by atoms with van der Waals surface area (Å²) in [4.78, 5) is 22.7. The number of aliphatic carboxylic acids is 1. The number of esters is 1. The molecule has 0 unspecified atom stereocenters. The van der Waals surface area contributed by atoms with Crippen LogP contribution in [0.15, 0.2) is 24.3 Å². The van der Waals surface area contributed by atoms with Crippen LogP contribution in [0.3, 0.4) is 0 Å². The molecule has 1 aromatic carbocycles. The topological polar surface area (TPSA) is 145 Å². The van der Waals surface area contributed by atoms with Gasteiger partial charge < -0.3 is 30.3 Å². The Morgan fingerprint density at radius 1 is 1.32 bits per heavy atom. The molecule has 0 fully saturated rings. The second kappa shape index (κ2) is 6.92. The number of phenols is 2. The molecule has 0 aliphatic carbocycles. The Bertz CT molecular complexity index is 595. The number of aromatic hydroxyl groups is 2. The average Bonchev–Trinajstić information content (AvgIpc) is 2.47. The number of benzene rings is 1. The Labute approximate surface area is 125 Å². The van der Waals surface area contributed by atoms with Gasteiger partial charge in [0.1, 0.15) is 6.10 Å². The first-order chi connectivity index (χ1) is 10.2. The number of phenolic OH excluding ortho intramolecular Hbond substituents is 2. The number of carbonyl (C=O) groups excluding carboxylic acids is 1. The molecular weight excluding hydrogens is 296 g/mol. The second-order valence-electron chi connectivity index (χ2n) is 4.61. The van der Waals surface area contributed by atoms with Gasteiger partial charge in [-0.15, -0.1) is 0 Å². The number of ether oxygens (including phenoxy) is 1. The lowest BCUT2D eigenvalue weighted by Gasteiger charge is -2.28. The molecule has 0 saturated heterocycles. The van der Waals surface area contributed by atoms with Gasteiger partial charge in [-0.2, -0.15) is 0 Å². The Balaban J connectivity index is 2.85. The number of carboxylic acids is 1. The summed E-state index contributed by atoms with van der Waals surface area (Å²) in [6, 6.07) is 3.78. The van der Waals surface area contributed by atoms with Crippen molar-refractivity contribution in [3.05, 3.63) is 29.8 Å². The SMILES string of the molecule is C[C@](OC(=O)C=Cc1ccc(O)c(O)c1)(C(=O)O)[C@H](O)CO. The van der Waals surface area contributed by atoms with Crippen molar-refractivity contribution in [3.8, 4) is 11.5 Å². The monoisotopic (exact) mass is 312 g/mol. The summed E-state index contributed by atoms with van der Waals surface area (Å²) in [6.45, 7) is 0.0555. The Kier molecular flexibility index (Phi) is 5.50. The summed E-state index contributed by atoms with van der Waals surface area (Å²) in [5.74, 6) is -3.39. The molecule has 2 atom stereocenters. The van der Waals surface area contributed by atoms with Crippen LogP contribution in [0.25, 0.3) is 6.08 Å². The fourth-order valence-electron chi connectivity index (χ4n) is 1.48. The highest BCUT2D eigenvalue weighted by Crippen LogP contribution is 2.25. The molecule has 0 radical (unpaired) electrons. The van der Waals surface area contributed by atoms with Crippen LogP contribution in [0, 0.1) is 0 Å². The van der Waals surface area contributed by atoms with Crippen molar-refractivity contribution in [3.63, 3.8) is 0 Å². The van der Waals surface area contributed by atoms with E-state index < -0.39 is 30.3 Å². The van der Waals surface area contributed by atoms with Gasteiger partial charge in [0.15, 0.2) is 11.5 Å². The number of hydrogen-bond acceptors (Lipinski definition) is 7. The Morgan fingerprint density at radius 2 is 1.95 bits per heavy atom. The summed E-state index contributed by atoms with van der Waals surface area (Å²) in [5.41, 5.74) is -1.94. The van der Waals surface area contributed by atoms with Crippen molar-refractivity contribution in [2.45, 2.75) is 18.6 Å². The van der Waals surface area contributed by atoms with Crippen LogP contribution in [0.2, 0.25) is 0 Å². The van der Waals surface area contributed by atoms with Crippen LogP contribution in [0.4, 0.5) is 0 Å². The summed E-state index contributed by atoms with van der Waals surface area (Å²) >= 11 is 0. The zero-order valence-corrected chi connectivity index (χ0v) is 11.6. The van der Waals surface area contributed by atoms with Gasteiger partial charge in [0, 0.05) is 6.08 Å². The van der Waals surface area contributed by atoms with Crippen LogP contribution in [-0.2, 0) is 14.3 Å². The van der Waals surface area contributed by atoms with Crippen LogP contribution >= 0.6 is 0 Å². The summed E-state index contributed by atoms with van der Waals surface area (Å²) in [7, 11) is 0. The Morgan fingerprint density at radius 3 is 2.45 bits per heavy atom. The van der Waals surface area contributed by atoms with E-state index in [2.05, 4.69) is 4.74 Å². The molecule has 120 valence electrons. The van der Waals surface area contributed by atoms with Gasteiger partial charge in [0.2, 0.25) is 5.60 Å². The molecule has 1 rings (SSSR count).